The highest BCUT2D eigenvalue weighted by Gasteiger charge is 2.22. The Morgan fingerprint density at radius 1 is 1.22 bits per heavy atom. The molecule has 1 aromatic carbocycles. The SMILES string of the molecule is CNCc1ccc(NC(=O)C2CCCC2)cc1.Cl. The lowest BCUT2D eigenvalue weighted by molar-refractivity contribution is -0.119. The first-order valence-corrected chi connectivity index (χ1v) is 6.34. The summed E-state index contributed by atoms with van der Waals surface area (Å²) in [6.07, 6.45) is 4.48. The van der Waals surface area contributed by atoms with Crippen LogP contribution in [0.25, 0.3) is 0 Å². The molecule has 4 heteroatoms. The molecule has 3 nitrogen and oxygen atoms in total. The number of benzene rings is 1. The van der Waals surface area contributed by atoms with Crippen molar-refractivity contribution in [2.75, 3.05) is 12.4 Å². The molecule has 0 atom stereocenters. The lowest BCUT2D eigenvalue weighted by atomic mass is 10.1. The molecule has 0 saturated heterocycles. The van der Waals surface area contributed by atoms with E-state index in [0.717, 1.165) is 25.1 Å². The van der Waals surface area contributed by atoms with Gasteiger partial charge in [-0.3, -0.25) is 4.79 Å². The van der Waals surface area contributed by atoms with E-state index in [9.17, 15) is 4.79 Å². The Bertz CT molecular complexity index is 372. The molecule has 0 unspecified atom stereocenters. The number of anilines is 1. The highest BCUT2D eigenvalue weighted by Crippen LogP contribution is 2.26. The van der Waals surface area contributed by atoms with Gasteiger partial charge in [0.2, 0.25) is 5.91 Å². The smallest absolute Gasteiger partial charge is 0.227 e. The highest BCUT2D eigenvalue weighted by atomic mass is 35.5. The molecular weight excluding hydrogens is 248 g/mol. The first kappa shape index (κ1) is 15.0. The minimum absolute atomic E-state index is 0. The van der Waals surface area contributed by atoms with Gasteiger partial charge in [-0.15, -0.1) is 12.4 Å². The van der Waals surface area contributed by atoms with Crippen molar-refractivity contribution in [1.82, 2.24) is 5.32 Å². The van der Waals surface area contributed by atoms with Crippen molar-refractivity contribution < 1.29 is 4.79 Å². The largest absolute Gasteiger partial charge is 0.326 e. The van der Waals surface area contributed by atoms with Crippen molar-refractivity contribution in [2.45, 2.75) is 32.2 Å². The first-order valence-electron chi connectivity index (χ1n) is 6.34. The maximum atomic E-state index is 11.9. The van der Waals surface area contributed by atoms with E-state index in [0.29, 0.717) is 0 Å². The molecule has 0 heterocycles. The Kier molecular flexibility index (Phi) is 6.16. The molecule has 1 saturated carbocycles. The molecule has 100 valence electrons. The van der Waals surface area contributed by atoms with Gasteiger partial charge in [0.15, 0.2) is 0 Å². The molecule has 0 spiro atoms. The number of hydrogen-bond donors (Lipinski definition) is 2. The molecule has 2 rings (SSSR count). The van der Waals surface area contributed by atoms with Gasteiger partial charge in [-0.2, -0.15) is 0 Å². The summed E-state index contributed by atoms with van der Waals surface area (Å²) >= 11 is 0. The van der Waals surface area contributed by atoms with E-state index in [-0.39, 0.29) is 24.2 Å². The average molecular weight is 269 g/mol. The van der Waals surface area contributed by atoms with Gasteiger partial charge in [0.25, 0.3) is 0 Å². The van der Waals surface area contributed by atoms with Gasteiger partial charge in [0.05, 0.1) is 0 Å². The van der Waals surface area contributed by atoms with E-state index >= 15 is 0 Å². The van der Waals surface area contributed by atoms with Gasteiger partial charge in [0.1, 0.15) is 0 Å². The fourth-order valence-electron chi connectivity index (χ4n) is 2.34. The zero-order valence-electron chi connectivity index (χ0n) is 10.7. The van der Waals surface area contributed by atoms with E-state index in [1.165, 1.54) is 18.4 Å². The normalized spacial score (nSPS) is 15.2. The van der Waals surface area contributed by atoms with Crippen LogP contribution in [0.2, 0.25) is 0 Å². The quantitative estimate of drug-likeness (QED) is 0.882. The topological polar surface area (TPSA) is 41.1 Å². The summed E-state index contributed by atoms with van der Waals surface area (Å²) in [6, 6.07) is 8.03. The molecule has 18 heavy (non-hydrogen) atoms. The Morgan fingerprint density at radius 3 is 2.39 bits per heavy atom. The van der Waals surface area contributed by atoms with Gasteiger partial charge in [-0.1, -0.05) is 25.0 Å². The Balaban J connectivity index is 0.00000162. The lowest BCUT2D eigenvalue weighted by Crippen LogP contribution is -2.20. The molecule has 1 amide bonds. The van der Waals surface area contributed by atoms with E-state index in [4.69, 9.17) is 0 Å². The van der Waals surface area contributed by atoms with Crippen LogP contribution in [-0.4, -0.2) is 13.0 Å². The van der Waals surface area contributed by atoms with Crippen LogP contribution in [-0.2, 0) is 11.3 Å². The molecule has 2 N–H and O–H groups in total. The van der Waals surface area contributed by atoms with Gasteiger partial charge in [-0.05, 0) is 37.6 Å². The molecule has 0 aromatic heterocycles. The number of rotatable bonds is 4. The third-order valence-electron chi connectivity index (χ3n) is 3.33. The summed E-state index contributed by atoms with van der Waals surface area (Å²) in [4.78, 5) is 11.9. The van der Waals surface area contributed by atoms with Crippen molar-refractivity contribution in [3.8, 4) is 0 Å². The molecule has 0 radical (unpaired) electrons. The van der Waals surface area contributed by atoms with Crippen LogP contribution in [0.1, 0.15) is 31.2 Å². The summed E-state index contributed by atoms with van der Waals surface area (Å²) in [7, 11) is 1.93. The van der Waals surface area contributed by atoms with Crippen molar-refractivity contribution in [3.63, 3.8) is 0 Å². The van der Waals surface area contributed by atoms with Crippen LogP contribution in [0, 0.1) is 5.92 Å². The molecule has 1 aliphatic carbocycles. The number of carbonyl (C=O) groups excluding carboxylic acids is 1. The van der Waals surface area contributed by atoms with Crippen molar-refractivity contribution in [2.24, 2.45) is 5.92 Å². The molecule has 1 aliphatic rings. The standard InChI is InChI=1S/C14H20N2O.ClH/c1-15-10-11-6-8-13(9-7-11)16-14(17)12-4-2-3-5-12;/h6-9,12,15H,2-5,10H2,1H3,(H,16,17);1H. The number of halogens is 1. The Hall–Kier alpha value is -1.06. The van der Waals surface area contributed by atoms with Gasteiger partial charge in [0, 0.05) is 18.2 Å². The summed E-state index contributed by atoms with van der Waals surface area (Å²) in [5.74, 6) is 0.413. The number of hydrogen-bond acceptors (Lipinski definition) is 2. The number of nitrogens with one attached hydrogen (secondary N) is 2. The number of carbonyl (C=O) groups is 1. The third kappa shape index (κ3) is 4.00. The van der Waals surface area contributed by atoms with Crippen LogP contribution in [0.4, 0.5) is 5.69 Å². The zero-order valence-corrected chi connectivity index (χ0v) is 11.6. The Morgan fingerprint density at radius 2 is 1.83 bits per heavy atom. The summed E-state index contributed by atoms with van der Waals surface area (Å²) < 4.78 is 0. The van der Waals surface area contributed by atoms with Gasteiger partial charge < -0.3 is 10.6 Å². The fourth-order valence-corrected chi connectivity index (χ4v) is 2.34. The van der Waals surface area contributed by atoms with Crippen LogP contribution in [0.3, 0.4) is 0 Å². The zero-order chi connectivity index (χ0) is 12.1. The highest BCUT2D eigenvalue weighted by molar-refractivity contribution is 5.92. The van der Waals surface area contributed by atoms with Crippen LogP contribution >= 0.6 is 12.4 Å². The van der Waals surface area contributed by atoms with Crippen LogP contribution in [0.15, 0.2) is 24.3 Å². The van der Waals surface area contributed by atoms with E-state index in [1.807, 2.05) is 31.3 Å². The van der Waals surface area contributed by atoms with E-state index in [2.05, 4.69) is 10.6 Å². The number of amides is 1. The molecule has 1 aromatic rings. The molecule has 1 fully saturated rings. The van der Waals surface area contributed by atoms with Crippen LogP contribution < -0.4 is 10.6 Å². The van der Waals surface area contributed by atoms with E-state index in [1.54, 1.807) is 0 Å². The maximum Gasteiger partial charge on any atom is 0.227 e. The van der Waals surface area contributed by atoms with Crippen molar-refractivity contribution in [1.29, 1.82) is 0 Å². The first-order chi connectivity index (χ1) is 8.29. The predicted octanol–water partition coefficient (Wildman–Crippen LogP) is 2.96. The second kappa shape index (κ2) is 7.39. The molecule has 0 aliphatic heterocycles. The second-order valence-corrected chi connectivity index (χ2v) is 4.70. The predicted molar refractivity (Wildman–Crippen MR) is 77.0 cm³/mol. The second-order valence-electron chi connectivity index (χ2n) is 4.70. The summed E-state index contributed by atoms with van der Waals surface area (Å²) in [6.45, 7) is 0.858. The molecule has 0 bridgehead atoms. The fraction of sp³-hybridized carbons (Fsp3) is 0.500. The summed E-state index contributed by atoms with van der Waals surface area (Å²) in [5.41, 5.74) is 2.13. The van der Waals surface area contributed by atoms with Crippen LogP contribution in [0.5, 0.6) is 0 Å². The Labute approximate surface area is 115 Å². The molecular formula is C14H21ClN2O. The minimum Gasteiger partial charge on any atom is -0.326 e. The third-order valence-corrected chi connectivity index (χ3v) is 3.33. The minimum atomic E-state index is 0. The van der Waals surface area contributed by atoms with Crippen molar-refractivity contribution in [3.05, 3.63) is 29.8 Å². The van der Waals surface area contributed by atoms with Crippen molar-refractivity contribution >= 4 is 24.0 Å². The summed E-state index contributed by atoms with van der Waals surface area (Å²) in [5, 5.41) is 6.10. The van der Waals surface area contributed by atoms with E-state index < -0.39 is 0 Å². The lowest BCUT2D eigenvalue weighted by Gasteiger charge is -2.10. The van der Waals surface area contributed by atoms with Gasteiger partial charge >= 0.3 is 0 Å². The van der Waals surface area contributed by atoms with Gasteiger partial charge in [-0.25, -0.2) is 0 Å². The monoisotopic (exact) mass is 268 g/mol. The average Bonchev–Trinajstić information content (AvgIpc) is 2.86. The maximum absolute atomic E-state index is 11.9.